The van der Waals surface area contributed by atoms with Crippen molar-refractivity contribution in [1.29, 1.82) is 0 Å². The number of rotatable bonds is 9. The Morgan fingerprint density at radius 2 is 1.56 bits per heavy atom. The molecule has 0 radical (unpaired) electrons. The lowest BCUT2D eigenvalue weighted by Crippen LogP contribution is -2.54. The molecule has 0 spiro atoms. The van der Waals surface area contributed by atoms with Gasteiger partial charge in [0.05, 0.1) is 6.42 Å². The highest BCUT2D eigenvalue weighted by Crippen LogP contribution is 2.36. The van der Waals surface area contributed by atoms with E-state index < -0.39 is 48.1 Å². The maximum absolute atomic E-state index is 11.8. The van der Waals surface area contributed by atoms with E-state index in [1.165, 1.54) is 33.8 Å². The third kappa shape index (κ3) is 10.5. The largest absolute Gasteiger partial charge is 0.485 e. The molecule has 1 aromatic heterocycles. The van der Waals surface area contributed by atoms with Gasteiger partial charge in [0.2, 0.25) is 12.2 Å². The van der Waals surface area contributed by atoms with Crippen molar-refractivity contribution < 1.29 is 52.0 Å². The van der Waals surface area contributed by atoms with Gasteiger partial charge in [0.25, 0.3) is 0 Å². The number of fused-ring (bicyclic) bond motifs is 1. The lowest BCUT2D eigenvalue weighted by molar-refractivity contribution is -0.246. The van der Waals surface area contributed by atoms with Crippen molar-refractivity contribution in [3.63, 3.8) is 0 Å². The molecule has 1 fully saturated rings. The number of carbonyl (C=O) groups excluding carboxylic acids is 4. The molecule has 1 aliphatic heterocycles. The third-order valence-electron chi connectivity index (χ3n) is 5.74. The number of hydrogen-bond acceptors (Lipinski definition) is 12. The van der Waals surface area contributed by atoms with Crippen LogP contribution in [0.25, 0.3) is 11.0 Å². The van der Waals surface area contributed by atoms with Crippen molar-refractivity contribution in [3.05, 3.63) is 70.6 Å². The standard InChI is InChI=1S/C28H28O11.C2H5NO/c1-16(29)33-15-25-28(36-18(3)31)24(35-17(2)30)13-27(39-25)38-23-11-20-9-10-26(32)37-21(20)12-22(23)34-14-19-7-5-4-6-8-19;1-2(3)4/h4-12,24-25,27-28H,13-15H2,1-3H3;1H3,(H2,3,4)/t24-,25-,27-,28+;/m1./s1. The van der Waals surface area contributed by atoms with E-state index in [4.69, 9.17) is 32.8 Å². The summed E-state index contributed by atoms with van der Waals surface area (Å²) in [5.41, 5.74) is 5.14. The molecule has 2 aromatic carbocycles. The maximum Gasteiger partial charge on any atom is 0.336 e. The van der Waals surface area contributed by atoms with E-state index in [-0.39, 0.29) is 37.0 Å². The molecule has 1 aliphatic rings. The molecule has 2 heterocycles. The van der Waals surface area contributed by atoms with Gasteiger partial charge in [0, 0.05) is 45.2 Å². The predicted octanol–water partition coefficient (Wildman–Crippen LogP) is 2.78. The van der Waals surface area contributed by atoms with E-state index in [2.05, 4.69) is 5.73 Å². The quantitative estimate of drug-likeness (QED) is 0.216. The molecule has 1 saturated heterocycles. The highest BCUT2D eigenvalue weighted by atomic mass is 16.7. The molecule has 1 amide bonds. The van der Waals surface area contributed by atoms with Gasteiger partial charge >= 0.3 is 23.5 Å². The van der Waals surface area contributed by atoms with Crippen LogP contribution in [0.1, 0.15) is 39.7 Å². The maximum atomic E-state index is 11.8. The predicted molar refractivity (Wildman–Crippen MR) is 150 cm³/mol. The van der Waals surface area contributed by atoms with Gasteiger partial charge in [-0.15, -0.1) is 0 Å². The molecule has 43 heavy (non-hydrogen) atoms. The lowest BCUT2D eigenvalue weighted by atomic mass is 10.0. The molecule has 4 rings (SSSR count). The number of carbonyl (C=O) groups is 4. The lowest BCUT2D eigenvalue weighted by Gasteiger charge is -2.40. The van der Waals surface area contributed by atoms with Gasteiger partial charge in [0.1, 0.15) is 31.0 Å². The average Bonchev–Trinajstić information content (AvgIpc) is 2.92. The van der Waals surface area contributed by atoms with E-state index in [9.17, 15) is 24.0 Å². The molecule has 0 bridgehead atoms. The molecule has 0 unspecified atom stereocenters. The summed E-state index contributed by atoms with van der Waals surface area (Å²) in [5.74, 6) is -1.60. The number of primary amides is 1. The van der Waals surface area contributed by atoms with Gasteiger partial charge in [-0.1, -0.05) is 30.3 Å². The molecular weight excluding hydrogens is 566 g/mol. The third-order valence-corrected chi connectivity index (χ3v) is 5.74. The van der Waals surface area contributed by atoms with Crippen LogP contribution in [0, 0.1) is 0 Å². The van der Waals surface area contributed by atoms with E-state index in [1.54, 1.807) is 18.2 Å². The van der Waals surface area contributed by atoms with E-state index in [0.717, 1.165) is 5.56 Å². The molecule has 0 saturated carbocycles. The minimum Gasteiger partial charge on any atom is -0.485 e. The van der Waals surface area contributed by atoms with Gasteiger partial charge in [-0.05, 0) is 17.7 Å². The fraction of sp³-hybridized carbons (Fsp3) is 0.367. The Bertz CT molecular complexity index is 1480. The van der Waals surface area contributed by atoms with Crippen LogP contribution in [0.15, 0.2) is 63.8 Å². The van der Waals surface area contributed by atoms with Crippen molar-refractivity contribution in [2.24, 2.45) is 5.73 Å². The normalized spacial score (nSPS) is 19.3. The second-order valence-corrected chi connectivity index (χ2v) is 9.46. The Hall–Kier alpha value is -4.91. The zero-order valence-electron chi connectivity index (χ0n) is 24.1. The van der Waals surface area contributed by atoms with Crippen LogP contribution in [0.5, 0.6) is 11.5 Å². The fourth-order valence-electron chi connectivity index (χ4n) is 4.13. The van der Waals surface area contributed by atoms with E-state index >= 15 is 0 Å². The number of esters is 3. The first-order chi connectivity index (χ1) is 20.4. The first-order valence-electron chi connectivity index (χ1n) is 13.2. The van der Waals surface area contributed by atoms with E-state index in [1.807, 2.05) is 30.3 Å². The SMILES string of the molecule is CC(=O)OC[C@H]1O[C@@H](Oc2cc3ccc(=O)oc3cc2OCc2ccccc2)C[C@@H](OC(C)=O)[C@@H]1OC(C)=O.CC(N)=O. The van der Waals surface area contributed by atoms with Crippen LogP contribution in [-0.2, 0) is 44.7 Å². The molecule has 4 atom stereocenters. The van der Waals surface area contributed by atoms with Crippen molar-refractivity contribution >= 4 is 34.8 Å². The Labute approximate surface area is 246 Å². The molecule has 3 aromatic rings. The number of hydrogen-bond donors (Lipinski definition) is 1. The van der Waals surface area contributed by atoms with Crippen LogP contribution in [0.4, 0.5) is 0 Å². The summed E-state index contributed by atoms with van der Waals surface area (Å²) in [6.07, 6.45) is -4.00. The van der Waals surface area contributed by atoms with E-state index in [0.29, 0.717) is 11.0 Å². The zero-order chi connectivity index (χ0) is 31.5. The summed E-state index contributed by atoms with van der Waals surface area (Å²) in [6.45, 7) is 4.89. The van der Waals surface area contributed by atoms with Gasteiger partial charge in [0.15, 0.2) is 17.6 Å². The highest BCUT2D eigenvalue weighted by Gasteiger charge is 2.44. The monoisotopic (exact) mass is 599 g/mol. The van der Waals surface area contributed by atoms with Crippen LogP contribution in [-0.4, -0.2) is 55.0 Å². The summed E-state index contributed by atoms with van der Waals surface area (Å²) >= 11 is 0. The minimum absolute atomic E-state index is 0.00582. The zero-order valence-corrected chi connectivity index (χ0v) is 24.1. The molecule has 2 N–H and O–H groups in total. The van der Waals surface area contributed by atoms with Gasteiger partial charge in [-0.25, -0.2) is 4.79 Å². The second kappa shape index (κ2) is 15.4. The van der Waals surface area contributed by atoms with Crippen LogP contribution < -0.4 is 20.8 Å². The van der Waals surface area contributed by atoms with Crippen LogP contribution in [0.3, 0.4) is 0 Å². The molecule has 13 nitrogen and oxygen atoms in total. The summed E-state index contributed by atoms with van der Waals surface area (Å²) < 4.78 is 39.4. The number of amides is 1. The van der Waals surface area contributed by atoms with Crippen molar-refractivity contribution in [3.8, 4) is 11.5 Å². The van der Waals surface area contributed by atoms with Crippen molar-refractivity contribution in [1.82, 2.24) is 0 Å². The Morgan fingerprint density at radius 3 is 2.19 bits per heavy atom. The Morgan fingerprint density at radius 1 is 0.884 bits per heavy atom. The van der Waals surface area contributed by atoms with Gasteiger partial charge in [-0.3, -0.25) is 19.2 Å². The minimum atomic E-state index is -1.04. The summed E-state index contributed by atoms with van der Waals surface area (Å²) in [7, 11) is 0. The highest BCUT2D eigenvalue weighted by molar-refractivity contribution is 5.80. The Kier molecular flexibility index (Phi) is 11.6. The molecular formula is C30H33NO12. The second-order valence-electron chi connectivity index (χ2n) is 9.46. The molecule has 13 heteroatoms. The Balaban J connectivity index is 0.00000119. The smallest absolute Gasteiger partial charge is 0.336 e. The van der Waals surface area contributed by atoms with Crippen LogP contribution >= 0.6 is 0 Å². The first-order valence-corrected chi connectivity index (χ1v) is 13.2. The average molecular weight is 600 g/mol. The first kappa shape index (κ1) is 32.6. The topological polar surface area (TPSA) is 180 Å². The number of benzene rings is 2. The van der Waals surface area contributed by atoms with Crippen molar-refractivity contribution in [2.75, 3.05) is 6.61 Å². The number of nitrogens with two attached hydrogens (primary N) is 1. The van der Waals surface area contributed by atoms with Crippen LogP contribution in [0.2, 0.25) is 0 Å². The summed E-state index contributed by atoms with van der Waals surface area (Å²) in [4.78, 5) is 56.1. The van der Waals surface area contributed by atoms with Gasteiger partial charge < -0.3 is 38.6 Å². The number of ether oxygens (including phenoxy) is 6. The fourth-order valence-corrected chi connectivity index (χ4v) is 4.13. The van der Waals surface area contributed by atoms with Gasteiger partial charge in [-0.2, -0.15) is 0 Å². The summed E-state index contributed by atoms with van der Waals surface area (Å²) in [6, 6.07) is 15.5. The summed E-state index contributed by atoms with van der Waals surface area (Å²) in [5, 5.41) is 0.568. The molecule has 230 valence electrons. The van der Waals surface area contributed by atoms with Crippen molar-refractivity contribution in [2.45, 2.75) is 65.3 Å². The molecule has 0 aliphatic carbocycles.